The van der Waals surface area contributed by atoms with Crippen LogP contribution in [-0.2, 0) is 4.74 Å². The second-order valence-corrected chi connectivity index (χ2v) is 10.8. The van der Waals surface area contributed by atoms with Gasteiger partial charge >= 0.3 is 6.09 Å². The largest absolute Gasteiger partial charge is 0.496 e. The molecular formula is C28H28F2N8O3. The fourth-order valence-corrected chi connectivity index (χ4v) is 4.84. The van der Waals surface area contributed by atoms with E-state index in [1.807, 2.05) is 28.8 Å². The molecule has 5 aromatic rings. The number of rotatable bonds is 5. The van der Waals surface area contributed by atoms with Crippen molar-refractivity contribution in [3.05, 3.63) is 61.2 Å². The fourth-order valence-electron chi connectivity index (χ4n) is 4.84. The lowest BCUT2D eigenvalue weighted by molar-refractivity contribution is -0.00640. The quantitative estimate of drug-likeness (QED) is 0.326. The number of alkyl halides is 2. The van der Waals surface area contributed by atoms with Gasteiger partial charge in [0.2, 0.25) is 0 Å². The Morgan fingerprint density at radius 1 is 1.12 bits per heavy atom. The number of pyridine rings is 2. The highest BCUT2D eigenvalue weighted by Gasteiger charge is 2.50. The maximum atomic E-state index is 14.9. The molecule has 0 saturated carbocycles. The number of carbonyl (C=O) groups excluding carboxylic acids is 1. The van der Waals surface area contributed by atoms with Crippen LogP contribution < -0.4 is 10.1 Å². The van der Waals surface area contributed by atoms with E-state index in [2.05, 4.69) is 25.5 Å². The Labute approximate surface area is 233 Å². The number of fused-ring (bicyclic) bond motifs is 2. The van der Waals surface area contributed by atoms with Crippen molar-refractivity contribution in [2.75, 3.05) is 25.5 Å². The highest BCUT2D eigenvalue weighted by Crippen LogP contribution is 2.35. The van der Waals surface area contributed by atoms with Crippen molar-refractivity contribution in [2.24, 2.45) is 0 Å². The number of hydrogen-bond acceptors (Lipinski definition) is 8. The minimum atomic E-state index is -3.17. The van der Waals surface area contributed by atoms with Crippen LogP contribution in [0.5, 0.6) is 5.75 Å². The van der Waals surface area contributed by atoms with E-state index in [0.717, 1.165) is 21.5 Å². The molecule has 1 amide bonds. The van der Waals surface area contributed by atoms with E-state index in [1.54, 1.807) is 64.7 Å². The molecule has 1 fully saturated rings. The molecular weight excluding hydrogens is 534 g/mol. The Balaban J connectivity index is 1.31. The Kier molecular flexibility index (Phi) is 6.24. The van der Waals surface area contributed by atoms with Gasteiger partial charge in [-0.05, 0) is 45.0 Å². The number of likely N-dealkylation sites (tertiary alicyclic amines) is 1. The van der Waals surface area contributed by atoms with Gasteiger partial charge in [0.1, 0.15) is 28.9 Å². The molecule has 1 atom stereocenters. The van der Waals surface area contributed by atoms with E-state index in [-0.39, 0.29) is 12.4 Å². The molecule has 0 aliphatic carbocycles. The lowest BCUT2D eigenvalue weighted by Crippen LogP contribution is -2.38. The fraction of sp³-hybridized carbons (Fsp3) is 0.321. The molecule has 212 valence electrons. The molecule has 6 heterocycles. The minimum Gasteiger partial charge on any atom is -0.496 e. The van der Waals surface area contributed by atoms with Gasteiger partial charge < -0.3 is 14.8 Å². The second kappa shape index (κ2) is 9.68. The number of anilines is 1. The van der Waals surface area contributed by atoms with E-state index in [9.17, 15) is 13.6 Å². The second-order valence-electron chi connectivity index (χ2n) is 10.8. The SMILES string of the molecule is COc1cc2ncc(-c3cccc(NC4CN(C(=O)OC(C)(C)C)CC4(F)F)n3)n2cc1-c1cnn2ncccc12. The lowest BCUT2D eigenvalue weighted by atomic mass is 10.1. The molecule has 6 rings (SSSR count). The molecule has 1 N–H and O–H groups in total. The molecule has 0 radical (unpaired) electrons. The van der Waals surface area contributed by atoms with Crippen LogP contribution in [0, 0.1) is 0 Å². The number of hydrogen-bond donors (Lipinski definition) is 1. The summed E-state index contributed by atoms with van der Waals surface area (Å²) in [6.45, 7) is 4.12. The lowest BCUT2D eigenvalue weighted by Gasteiger charge is -2.24. The predicted octanol–water partition coefficient (Wildman–Crippen LogP) is 4.78. The van der Waals surface area contributed by atoms with Crippen LogP contribution in [-0.4, -0.2) is 78.0 Å². The summed E-state index contributed by atoms with van der Waals surface area (Å²) < 4.78 is 44.1. The van der Waals surface area contributed by atoms with Crippen LogP contribution in [0.15, 0.2) is 61.2 Å². The van der Waals surface area contributed by atoms with Crippen LogP contribution in [0.25, 0.3) is 33.7 Å². The van der Waals surface area contributed by atoms with Crippen molar-refractivity contribution in [3.8, 4) is 28.3 Å². The van der Waals surface area contributed by atoms with Gasteiger partial charge in [0.25, 0.3) is 5.92 Å². The molecule has 1 aliphatic rings. The van der Waals surface area contributed by atoms with Crippen LogP contribution in [0.3, 0.4) is 0 Å². The van der Waals surface area contributed by atoms with E-state index < -0.39 is 30.2 Å². The maximum absolute atomic E-state index is 14.9. The standard InChI is InChI=1S/C28H28F2N8O3/c1-27(2,3)41-26(39)36-15-23(28(29,30)16-36)35-24-9-5-7-19(34-24)21-13-31-25-11-22(40-4)18(14-37(21)25)17-12-33-38-20(17)8-6-10-32-38/h5-14,23H,15-16H2,1-4H3,(H,34,35). The predicted molar refractivity (Wildman–Crippen MR) is 147 cm³/mol. The van der Waals surface area contributed by atoms with Crippen molar-refractivity contribution in [1.29, 1.82) is 0 Å². The van der Waals surface area contributed by atoms with Crippen molar-refractivity contribution >= 4 is 23.1 Å². The van der Waals surface area contributed by atoms with Gasteiger partial charge in [-0.3, -0.25) is 9.30 Å². The Morgan fingerprint density at radius 3 is 2.73 bits per heavy atom. The Morgan fingerprint density at radius 2 is 1.95 bits per heavy atom. The maximum Gasteiger partial charge on any atom is 0.410 e. The van der Waals surface area contributed by atoms with Crippen molar-refractivity contribution < 1.29 is 23.0 Å². The first-order chi connectivity index (χ1) is 19.5. The molecule has 0 spiro atoms. The summed E-state index contributed by atoms with van der Waals surface area (Å²) in [6.07, 6.45) is 6.14. The number of methoxy groups -OCH3 is 1. The first-order valence-electron chi connectivity index (χ1n) is 13.0. The summed E-state index contributed by atoms with van der Waals surface area (Å²) in [5, 5.41) is 11.4. The number of carbonyl (C=O) groups is 1. The summed E-state index contributed by atoms with van der Waals surface area (Å²) >= 11 is 0. The molecule has 0 aromatic carbocycles. The highest BCUT2D eigenvalue weighted by atomic mass is 19.3. The summed E-state index contributed by atoms with van der Waals surface area (Å²) in [5.74, 6) is -2.32. The summed E-state index contributed by atoms with van der Waals surface area (Å²) in [4.78, 5) is 22.6. The third-order valence-corrected chi connectivity index (χ3v) is 6.72. The smallest absolute Gasteiger partial charge is 0.410 e. The molecule has 41 heavy (non-hydrogen) atoms. The normalized spacial score (nSPS) is 16.8. The van der Waals surface area contributed by atoms with Gasteiger partial charge in [0.05, 0.1) is 49.5 Å². The van der Waals surface area contributed by atoms with Gasteiger partial charge in [-0.2, -0.15) is 14.8 Å². The van der Waals surface area contributed by atoms with E-state index >= 15 is 0 Å². The zero-order chi connectivity index (χ0) is 28.9. The first kappa shape index (κ1) is 26.4. The zero-order valence-corrected chi connectivity index (χ0v) is 22.9. The zero-order valence-electron chi connectivity index (χ0n) is 22.9. The molecule has 1 aliphatic heterocycles. The Hall–Kier alpha value is -4.81. The van der Waals surface area contributed by atoms with E-state index in [4.69, 9.17) is 9.47 Å². The number of halogens is 2. The first-order valence-corrected chi connectivity index (χ1v) is 13.0. The van der Waals surface area contributed by atoms with Gasteiger partial charge in [-0.25, -0.2) is 23.5 Å². The summed E-state index contributed by atoms with van der Waals surface area (Å²) in [7, 11) is 1.59. The number of imidazole rings is 1. The average molecular weight is 563 g/mol. The van der Waals surface area contributed by atoms with Gasteiger partial charge in [-0.15, -0.1) is 0 Å². The van der Waals surface area contributed by atoms with Gasteiger partial charge in [0.15, 0.2) is 0 Å². The third kappa shape index (κ3) is 4.98. The summed E-state index contributed by atoms with van der Waals surface area (Å²) in [5.41, 5.74) is 3.39. The van der Waals surface area contributed by atoms with Crippen molar-refractivity contribution in [1.82, 2.24) is 34.1 Å². The Bertz CT molecular complexity index is 1760. The number of amides is 1. The molecule has 13 heteroatoms. The highest BCUT2D eigenvalue weighted by molar-refractivity contribution is 5.84. The van der Waals surface area contributed by atoms with E-state index in [0.29, 0.717) is 22.8 Å². The molecule has 0 bridgehead atoms. The van der Waals surface area contributed by atoms with Crippen LogP contribution in [0.2, 0.25) is 0 Å². The number of nitrogens with zero attached hydrogens (tertiary/aromatic N) is 7. The minimum absolute atomic E-state index is 0.221. The monoisotopic (exact) mass is 562 g/mol. The summed E-state index contributed by atoms with van der Waals surface area (Å²) in [6, 6.07) is 9.33. The average Bonchev–Trinajstić information content (AvgIpc) is 3.62. The third-order valence-electron chi connectivity index (χ3n) is 6.72. The van der Waals surface area contributed by atoms with Crippen LogP contribution in [0.1, 0.15) is 20.8 Å². The molecule has 1 unspecified atom stereocenters. The van der Waals surface area contributed by atoms with Crippen molar-refractivity contribution in [3.63, 3.8) is 0 Å². The topological polar surface area (TPSA) is 111 Å². The number of ether oxygens (including phenoxy) is 2. The molecule has 5 aromatic heterocycles. The molecule has 1 saturated heterocycles. The van der Waals surface area contributed by atoms with Crippen molar-refractivity contribution in [2.45, 2.75) is 38.3 Å². The van der Waals surface area contributed by atoms with Gasteiger partial charge in [0, 0.05) is 29.6 Å². The molecule has 11 nitrogen and oxygen atoms in total. The number of nitrogens with one attached hydrogen (secondary N) is 1. The van der Waals surface area contributed by atoms with Crippen LogP contribution in [0.4, 0.5) is 19.4 Å². The number of aromatic nitrogens is 6. The van der Waals surface area contributed by atoms with Gasteiger partial charge in [-0.1, -0.05) is 6.07 Å². The van der Waals surface area contributed by atoms with Crippen LogP contribution >= 0.6 is 0 Å². The van der Waals surface area contributed by atoms with E-state index in [1.165, 1.54) is 4.63 Å².